The second-order valence-corrected chi connectivity index (χ2v) is 11.3. The van der Waals surface area contributed by atoms with Gasteiger partial charge in [0.15, 0.2) is 0 Å². The highest BCUT2D eigenvalue weighted by atomic mass is 35.5. The van der Waals surface area contributed by atoms with Crippen molar-refractivity contribution >= 4 is 34.6 Å². The number of fused-ring (bicyclic) bond motifs is 1. The smallest absolute Gasteiger partial charge is 0.218 e. The zero-order valence-electron chi connectivity index (χ0n) is 23.2. The molecule has 0 saturated carbocycles. The van der Waals surface area contributed by atoms with E-state index in [0.29, 0.717) is 28.5 Å². The molecule has 0 spiro atoms. The van der Waals surface area contributed by atoms with Crippen LogP contribution in [0.2, 0.25) is 10.0 Å². The van der Waals surface area contributed by atoms with Crippen LogP contribution in [0.5, 0.6) is 5.88 Å². The van der Waals surface area contributed by atoms with Crippen LogP contribution in [0.3, 0.4) is 0 Å². The van der Waals surface area contributed by atoms with Crippen molar-refractivity contribution < 1.29 is 4.74 Å². The summed E-state index contributed by atoms with van der Waals surface area (Å²) in [6.45, 7) is 6.32. The van der Waals surface area contributed by atoms with E-state index in [9.17, 15) is 0 Å². The number of anilines is 2. The van der Waals surface area contributed by atoms with Crippen molar-refractivity contribution in [3.63, 3.8) is 0 Å². The first-order chi connectivity index (χ1) is 19.9. The Bertz CT molecular complexity index is 1620. The molecule has 8 heteroatoms. The second-order valence-electron chi connectivity index (χ2n) is 10.6. The predicted molar refractivity (Wildman–Crippen MR) is 171 cm³/mol. The number of ether oxygens (including phenoxy) is 1. The lowest BCUT2D eigenvalue weighted by atomic mass is 9.96. The largest absolute Gasteiger partial charge is 0.481 e. The van der Waals surface area contributed by atoms with E-state index in [-0.39, 0.29) is 0 Å². The van der Waals surface area contributed by atoms with Gasteiger partial charge in [-0.15, -0.1) is 0 Å². The van der Waals surface area contributed by atoms with Crippen LogP contribution < -0.4 is 25.6 Å². The molecular formula is C33H33Cl2N5O. The molecule has 3 N–H and O–H groups in total. The van der Waals surface area contributed by atoms with E-state index in [1.807, 2.05) is 48.5 Å². The third kappa shape index (κ3) is 5.47. The third-order valence-corrected chi connectivity index (χ3v) is 8.65. The predicted octanol–water partition coefficient (Wildman–Crippen LogP) is 7.57. The van der Waals surface area contributed by atoms with Crippen molar-refractivity contribution in [1.82, 2.24) is 15.6 Å². The number of hydrogen-bond acceptors (Lipinski definition) is 6. The average molecular weight is 587 g/mol. The fourth-order valence-electron chi connectivity index (χ4n) is 5.60. The number of aromatic nitrogens is 1. The minimum absolute atomic E-state index is 0.411. The Morgan fingerprint density at radius 2 is 1.73 bits per heavy atom. The summed E-state index contributed by atoms with van der Waals surface area (Å²) < 4.78 is 5.67. The molecule has 4 aromatic rings. The quantitative estimate of drug-likeness (QED) is 0.198. The number of benzene rings is 3. The van der Waals surface area contributed by atoms with Gasteiger partial charge in [-0.1, -0.05) is 78.3 Å². The highest BCUT2D eigenvalue weighted by Crippen LogP contribution is 2.43. The number of pyridine rings is 1. The first-order valence-corrected chi connectivity index (χ1v) is 14.5. The van der Waals surface area contributed by atoms with Crippen molar-refractivity contribution in [2.75, 3.05) is 37.6 Å². The zero-order chi connectivity index (χ0) is 28.5. The molecule has 210 valence electrons. The van der Waals surface area contributed by atoms with Gasteiger partial charge in [-0.25, -0.2) is 4.98 Å². The Kier molecular flexibility index (Phi) is 7.80. The number of rotatable bonds is 8. The standard InChI is InChI=1S/C33H33Cl2N5O/c1-20-10-13-23(38-20)18-36-17-22-12-14-28(39-33(22)41-3)27-9-5-8-26(32(27)35)25-7-4-6-24(31(25)34)21-11-15-29-30(16-21)40(2)19-37-29/h4-9,11-12,14-16,23,36-38H,1,10,13,17-19H2,2-3H3. The number of nitrogens with zero attached hydrogens (tertiary/aromatic N) is 2. The topological polar surface area (TPSA) is 61.5 Å². The molecule has 41 heavy (non-hydrogen) atoms. The average Bonchev–Trinajstić information content (AvgIpc) is 3.58. The molecular weight excluding hydrogens is 553 g/mol. The Morgan fingerprint density at radius 1 is 1.00 bits per heavy atom. The molecule has 3 aromatic carbocycles. The maximum Gasteiger partial charge on any atom is 0.218 e. The first kappa shape index (κ1) is 27.5. The summed E-state index contributed by atoms with van der Waals surface area (Å²) in [6, 6.07) is 22.9. The van der Waals surface area contributed by atoms with Crippen LogP contribution in [-0.4, -0.2) is 38.4 Å². The fraction of sp³-hybridized carbons (Fsp3) is 0.242. The van der Waals surface area contributed by atoms with E-state index in [0.717, 1.165) is 82.2 Å². The van der Waals surface area contributed by atoms with E-state index in [4.69, 9.17) is 32.9 Å². The van der Waals surface area contributed by atoms with Gasteiger partial charge < -0.3 is 25.6 Å². The molecule has 0 amide bonds. The van der Waals surface area contributed by atoms with Crippen LogP contribution in [0.25, 0.3) is 33.5 Å². The van der Waals surface area contributed by atoms with E-state index >= 15 is 0 Å². The number of hydrogen-bond donors (Lipinski definition) is 3. The van der Waals surface area contributed by atoms with Gasteiger partial charge in [0.25, 0.3) is 0 Å². The SMILES string of the molecule is C=C1CCC(CNCc2ccc(-c3cccc(-c4cccc(-c5ccc6c(c5)N(C)CN6)c4Cl)c3Cl)nc2OC)N1. The van der Waals surface area contributed by atoms with Gasteiger partial charge in [-0.2, -0.15) is 0 Å². The zero-order valence-corrected chi connectivity index (χ0v) is 24.7. The molecule has 1 atom stereocenters. The molecule has 6 rings (SSSR count). The van der Waals surface area contributed by atoms with Crippen molar-refractivity contribution in [3.8, 4) is 39.4 Å². The van der Waals surface area contributed by atoms with Crippen molar-refractivity contribution in [3.05, 3.63) is 94.6 Å². The van der Waals surface area contributed by atoms with Gasteiger partial charge in [0.2, 0.25) is 5.88 Å². The lowest BCUT2D eigenvalue weighted by Gasteiger charge is -2.16. The molecule has 0 radical (unpaired) electrons. The molecule has 3 heterocycles. The minimum Gasteiger partial charge on any atom is -0.481 e. The molecule has 1 aromatic heterocycles. The highest BCUT2D eigenvalue weighted by molar-refractivity contribution is 6.39. The van der Waals surface area contributed by atoms with E-state index in [2.05, 4.69) is 52.7 Å². The maximum atomic E-state index is 7.07. The van der Waals surface area contributed by atoms with Crippen LogP contribution in [0.4, 0.5) is 11.4 Å². The Hall–Kier alpha value is -3.71. The summed E-state index contributed by atoms with van der Waals surface area (Å²) in [5.41, 5.74) is 9.70. The van der Waals surface area contributed by atoms with Gasteiger partial charge in [-0.3, -0.25) is 0 Å². The minimum atomic E-state index is 0.411. The number of allylic oxidation sites excluding steroid dienone is 1. The van der Waals surface area contributed by atoms with Crippen LogP contribution >= 0.6 is 23.2 Å². The molecule has 6 nitrogen and oxygen atoms in total. The summed E-state index contributed by atoms with van der Waals surface area (Å²) in [5, 5.41) is 11.6. The molecule has 1 fully saturated rings. The van der Waals surface area contributed by atoms with Gasteiger partial charge in [-0.05, 0) is 36.6 Å². The normalized spacial score (nSPS) is 16.0. The van der Waals surface area contributed by atoms with Crippen LogP contribution in [0, 0.1) is 0 Å². The van der Waals surface area contributed by atoms with Gasteiger partial charge in [0, 0.05) is 59.7 Å². The summed E-state index contributed by atoms with van der Waals surface area (Å²) in [6.07, 6.45) is 2.13. The summed E-state index contributed by atoms with van der Waals surface area (Å²) in [4.78, 5) is 7.01. The molecule has 0 aliphatic carbocycles. The molecule has 1 unspecified atom stereocenters. The third-order valence-electron chi connectivity index (χ3n) is 7.83. The fourth-order valence-corrected chi connectivity index (χ4v) is 6.26. The number of nitrogens with one attached hydrogen (secondary N) is 3. The van der Waals surface area contributed by atoms with Crippen molar-refractivity contribution in [2.45, 2.75) is 25.4 Å². The van der Waals surface area contributed by atoms with Crippen LogP contribution in [0.1, 0.15) is 18.4 Å². The lowest BCUT2D eigenvalue weighted by Crippen LogP contribution is -2.33. The first-order valence-electron chi connectivity index (χ1n) is 13.8. The number of methoxy groups -OCH3 is 1. The lowest BCUT2D eigenvalue weighted by molar-refractivity contribution is 0.390. The van der Waals surface area contributed by atoms with Crippen molar-refractivity contribution in [1.29, 1.82) is 0 Å². The molecule has 1 saturated heterocycles. The van der Waals surface area contributed by atoms with Crippen molar-refractivity contribution in [2.24, 2.45) is 0 Å². The maximum absolute atomic E-state index is 7.07. The van der Waals surface area contributed by atoms with Gasteiger partial charge >= 0.3 is 0 Å². The Balaban J connectivity index is 1.28. The van der Waals surface area contributed by atoms with E-state index in [1.165, 1.54) is 0 Å². The molecule has 2 aliphatic heterocycles. The molecule has 0 bridgehead atoms. The number of halogens is 2. The summed E-state index contributed by atoms with van der Waals surface area (Å²) >= 11 is 14.1. The highest BCUT2D eigenvalue weighted by Gasteiger charge is 2.20. The van der Waals surface area contributed by atoms with Crippen LogP contribution in [-0.2, 0) is 6.54 Å². The van der Waals surface area contributed by atoms with E-state index < -0.39 is 0 Å². The van der Waals surface area contributed by atoms with Gasteiger partial charge in [0.05, 0.1) is 40.9 Å². The summed E-state index contributed by atoms with van der Waals surface area (Å²) in [5.74, 6) is 0.580. The van der Waals surface area contributed by atoms with Gasteiger partial charge in [0.1, 0.15) is 0 Å². The summed E-state index contributed by atoms with van der Waals surface area (Å²) in [7, 11) is 3.72. The monoisotopic (exact) mass is 585 g/mol. The van der Waals surface area contributed by atoms with E-state index in [1.54, 1.807) is 7.11 Å². The Labute approximate surface area is 251 Å². The Morgan fingerprint density at radius 3 is 2.46 bits per heavy atom. The van der Waals surface area contributed by atoms with Crippen LogP contribution in [0.15, 0.2) is 79.0 Å². The molecule has 2 aliphatic rings. The second kappa shape index (κ2) is 11.6.